The Morgan fingerprint density at radius 3 is 2.70 bits per heavy atom. The molecule has 1 atom stereocenters. The highest BCUT2D eigenvalue weighted by atomic mass is 31.1. The number of hydrogen-bond donors (Lipinski definition) is 1. The van der Waals surface area contributed by atoms with Crippen LogP contribution in [0.25, 0.3) is 0 Å². The number of unbranched alkanes of at least 4 members (excludes halogenated alkanes) is 3. The zero-order chi connectivity index (χ0) is 7.82. The lowest BCUT2D eigenvalue weighted by atomic mass is 10.2. The van der Waals surface area contributed by atoms with Crippen molar-refractivity contribution in [3.63, 3.8) is 0 Å². The fourth-order valence-corrected chi connectivity index (χ4v) is 1.01. The van der Waals surface area contributed by atoms with E-state index in [1.807, 2.05) is 0 Å². The minimum Gasteiger partial charge on any atom is -0.157 e. The van der Waals surface area contributed by atoms with E-state index in [0.29, 0.717) is 0 Å². The van der Waals surface area contributed by atoms with E-state index in [1.165, 1.54) is 18.7 Å². The van der Waals surface area contributed by atoms with E-state index in [2.05, 4.69) is 6.92 Å². The molecule has 0 aliphatic rings. The first-order chi connectivity index (χ1) is 4.77. The molecule has 0 aromatic rings. The molecule has 0 rings (SSSR count). The molecule has 0 fully saturated rings. The lowest BCUT2D eigenvalue weighted by Gasteiger charge is -1.87. The average molecular weight is 161 g/mol. The van der Waals surface area contributed by atoms with Gasteiger partial charge in [0.05, 0.1) is 0 Å². The minimum absolute atomic E-state index is 0.926. The van der Waals surface area contributed by atoms with Crippen molar-refractivity contribution >= 4 is 8.03 Å². The zero-order valence-corrected chi connectivity index (χ0v) is 7.18. The van der Waals surface area contributed by atoms with E-state index in [0.717, 1.165) is 12.8 Å². The predicted octanol–water partition coefficient (Wildman–Crippen LogP) is 2.82. The molecule has 0 radical (unpaired) electrons. The molecule has 0 saturated carbocycles. The number of allylic oxidation sites excluding steroid dienone is 1. The van der Waals surface area contributed by atoms with Crippen molar-refractivity contribution in [1.82, 2.24) is 0 Å². The van der Waals surface area contributed by atoms with Gasteiger partial charge in [-0.05, 0) is 23.5 Å². The first-order valence-electron chi connectivity index (χ1n) is 3.59. The Morgan fingerprint density at radius 1 is 1.50 bits per heavy atom. The van der Waals surface area contributed by atoms with Gasteiger partial charge in [0.25, 0.3) is 0 Å². The molecule has 0 aromatic heterocycles. The summed E-state index contributed by atoms with van der Waals surface area (Å²) in [6.45, 7) is 2.14. The van der Waals surface area contributed by atoms with Crippen molar-refractivity contribution in [3.8, 4) is 0 Å². The summed E-state index contributed by atoms with van der Waals surface area (Å²) >= 11 is 0. The highest BCUT2D eigenvalue weighted by Gasteiger charge is 1.98. The molecule has 0 spiro atoms. The van der Waals surface area contributed by atoms with Gasteiger partial charge in [-0.2, -0.15) is 4.89 Å². The quantitative estimate of drug-likeness (QED) is 0.497. The second-order valence-electron chi connectivity index (χ2n) is 2.18. The van der Waals surface area contributed by atoms with Crippen molar-refractivity contribution in [1.29, 1.82) is 0 Å². The Balaban J connectivity index is 3.10. The summed E-state index contributed by atoms with van der Waals surface area (Å²) in [6, 6.07) is 0. The molecule has 10 heavy (non-hydrogen) atoms. The fraction of sp³-hybridized carbons (Fsp3) is 0.714. The fourth-order valence-electron chi connectivity index (χ4n) is 0.677. The van der Waals surface area contributed by atoms with Gasteiger partial charge in [0.2, 0.25) is 0 Å². The average Bonchev–Trinajstić information content (AvgIpc) is 1.87. The minimum atomic E-state index is -2.05. The summed E-state index contributed by atoms with van der Waals surface area (Å²) in [5.74, 6) is 1.35. The van der Waals surface area contributed by atoms with Crippen molar-refractivity contribution < 1.29 is 9.46 Å². The van der Waals surface area contributed by atoms with Crippen LogP contribution < -0.4 is 0 Å². The van der Waals surface area contributed by atoms with Crippen LogP contribution in [-0.4, -0.2) is 4.89 Å². The first kappa shape index (κ1) is 9.80. The van der Waals surface area contributed by atoms with Crippen LogP contribution >= 0.6 is 8.03 Å². The molecular weight excluding hydrogens is 147 g/mol. The molecule has 0 aromatic carbocycles. The number of hydrogen-bond acceptors (Lipinski definition) is 1. The van der Waals surface area contributed by atoms with E-state index in [4.69, 9.17) is 4.89 Å². The summed E-state index contributed by atoms with van der Waals surface area (Å²) in [6.07, 6.45) is 6.21. The first-order valence-corrected chi connectivity index (χ1v) is 4.87. The van der Waals surface area contributed by atoms with Crippen LogP contribution in [-0.2, 0) is 4.57 Å². The largest absolute Gasteiger partial charge is 0.537 e. The Hall–Kier alpha value is -0.200. The van der Waals surface area contributed by atoms with Crippen molar-refractivity contribution in [2.75, 3.05) is 0 Å². The van der Waals surface area contributed by atoms with Crippen molar-refractivity contribution in [2.24, 2.45) is 0 Å². The standard InChI is InChI=1S/C7H13O2P/c1-2-3-4-5-6-7-10(8)9/h6-7H,2-5H2,1H3/p+1/b7-6-. The van der Waals surface area contributed by atoms with E-state index in [9.17, 15) is 4.57 Å². The Morgan fingerprint density at radius 2 is 2.20 bits per heavy atom. The highest BCUT2D eigenvalue weighted by Crippen LogP contribution is 2.14. The highest BCUT2D eigenvalue weighted by molar-refractivity contribution is 7.41. The second kappa shape index (κ2) is 6.91. The van der Waals surface area contributed by atoms with Gasteiger partial charge < -0.3 is 0 Å². The third-order valence-corrected chi connectivity index (χ3v) is 1.67. The lowest BCUT2D eigenvalue weighted by molar-refractivity contribution is 0.512. The maximum absolute atomic E-state index is 10.1. The zero-order valence-electron chi connectivity index (χ0n) is 6.29. The molecule has 2 nitrogen and oxygen atoms in total. The van der Waals surface area contributed by atoms with Gasteiger partial charge >= 0.3 is 8.03 Å². The molecule has 1 unspecified atom stereocenters. The molecule has 0 saturated heterocycles. The molecule has 0 bridgehead atoms. The van der Waals surface area contributed by atoms with Gasteiger partial charge in [0, 0.05) is 0 Å². The third kappa shape index (κ3) is 7.80. The van der Waals surface area contributed by atoms with E-state index in [-0.39, 0.29) is 0 Å². The summed E-state index contributed by atoms with van der Waals surface area (Å²) in [4.78, 5) is 8.33. The van der Waals surface area contributed by atoms with Crippen LogP contribution in [0, 0.1) is 0 Å². The predicted molar refractivity (Wildman–Crippen MR) is 43.1 cm³/mol. The third-order valence-electron chi connectivity index (χ3n) is 1.21. The van der Waals surface area contributed by atoms with Gasteiger partial charge in [-0.25, -0.2) is 0 Å². The molecule has 0 amide bonds. The van der Waals surface area contributed by atoms with Crippen LogP contribution in [0.3, 0.4) is 0 Å². The summed E-state index contributed by atoms with van der Waals surface area (Å²) < 4.78 is 10.1. The number of rotatable bonds is 5. The molecule has 0 heterocycles. The van der Waals surface area contributed by atoms with Crippen LogP contribution in [0.4, 0.5) is 0 Å². The van der Waals surface area contributed by atoms with E-state index in [1.54, 1.807) is 6.08 Å². The van der Waals surface area contributed by atoms with Gasteiger partial charge in [-0.3, -0.25) is 0 Å². The summed E-state index contributed by atoms with van der Waals surface area (Å²) in [7, 11) is -2.05. The van der Waals surface area contributed by atoms with Crippen LogP contribution in [0.1, 0.15) is 32.6 Å². The molecule has 3 heteroatoms. The topological polar surface area (TPSA) is 37.3 Å². The van der Waals surface area contributed by atoms with Crippen LogP contribution in [0.2, 0.25) is 0 Å². The summed E-state index contributed by atoms with van der Waals surface area (Å²) in [5, 5.41) is 0. The normalized spacial score (nSPS) is 12.4. The molecule has 0 aliphatic heterocycles. The Labute approximate surface area is 62.8 Å². The van der Waals surface area contributed by atoms with Gasteiger partial charge in [0.1, 0.15) is 0 Å². The molecule has 0 aliphatic carbocycles. The maximum Gasteiger partial charge on any atom is 0.537 e. The smallest absolute Gasteiger partial charge is 0.157 e. The SMILES string of the molecule is CCCCC/C=C\[P+](=O)O. The monoisotopic (exact) mass is 161 g/mol. The van der Waals surface area contributed by atoms with E-state index < -0.39 is 8.03 Å². The van der Waals surface area contributed by atoms with E-state index >= 15 is 0 Å². The molecule has 1 N–H and O–H groups in total. The second-order valence-corrected chi connectivity index (χ2v) is 3.09. The Kier molecular flexibility index (Phi) is 6.78. The van der Waals surface area contributed by atoms with Gasteiger partial charge in [-0.15, -0.1) is 0 Å². The summed E-state index contributed by atoms with van der Waals surface area (Å²) in [5.41, 5.74) is 0. The van der Waals surface area contributed by atoms with Crippen molar-refractivity contribution in [3.05, 3.63) is 11.9 Å². The molecular formula is C7H14O2P+. The molecule has 58 valence electrons. The maximum atomic E-state index is 10.1. The van der Waals surface area contributed by atoms with Crippen LogP contribution in [0.15, 0.2) is 11.9 Å². The van der Waals surface area contributed by atoms with Crippen LogP contribution in [0.5, 0.6) is 0 Å². The van der Waals surface area contributed by atoms with Gasteiger partial charge in [-0.1, -0.05) is 19.8 Å². The lowest BCUT2D eigenvalue weighted by Crippen LogP contribution is -1.69. The van der Waals surface area contributed by atoms with Gasteiger partial charge in [0.15, 0.2) is 5.82 Å². The van der Waals surface area contributed by atoms with Crippen molar-refractivity contribution in [2.45, 2.75) is 32.6 Å². The Bertz CT molecular complexity index is 121.